The molecule has 1 atom stereocenters. The lowest BCUT2D eigenvalue weighted by atomic mass is 10.2. The molecule has 1 aromatic heterocycles. The van der Waals surface area contributed by atoms with Crippen LogP contribution in [0, 0.1) is 0 Å². The summed E-state index contributed by atoms with van der Waals surface area (Å²) in [6.07, 6.45) is 2.78. The van der Waals surface area contributed by atoms with Crippen LogP contribution in [0.3, 0.4) is 0 Å². The SMILES string of the molecule is CCC[C@@H](NC(=O)NCc1cncs1)C(=O)O. The van der Waals surface area contributed by atoms with E-state index in [1.54, 1.807) is 11.7 Å². The molecule has 0 aliphatic carbocycles. The predicted molar refractivity (Wildman–Crippen MR) is 63.8 cm³/mol. The zero-order chi connectivity index (χ0) is 12.7. The number of nitrogens with one attached hydrogen (secondary N) is 2. The Bertz CT molecular complexity index is 367. The summed E-state index contributed by atoms with van der Waals surface area (Å²) in [6.45, 7) is 2.22. The molecule has 0 fully saturated rings. The summed E-state index contributed by atoms with van der Waals surface area (Å²) in [7, 11) is 0. The van der Waals surface area contributed by atoms with E-state index in [0.29, 0.717) is 19.4 Å². The topological polar surface area (TPSA) is 91.3 Å². The zero-order valence-electron chi connectivity index (χ0n) is 9.47. The quantitative estimate of drug-likeness (QED) is 0.714. The van der Waals surface area contributed by atoms with Crippen molar-refractivity contribution >= 4 is 23.3 Å². The molecule has 6 nitrogen and oxygen atoms in total. The highest BCUT2D eigenvalue weighted by Gasteiger charge is 2.18. The first-order valence-corrected chi connectivity index (χ1v) is 6.16. The molecule has 0 bridgehead atoms. The van der Waals surface area contributed by atoms with E-state index in [1.165, 1.54) is 11.3 Å². The fourth-order valence-electron chi connectivity index (χ4n) is 1.25. The summed E-state index contributed by atoms with van der Waals surface area (Å²) in [5, 5.41) is 13.9. The maximum atomic E-state index is 11.4. The molecule has 94 valence electrons. The number of carboxylic acids is 1. The lowest BCUT2D eigenvalue weighted by Crippen LogP contribution is -2.45. The molecular formula is C10H15N3O3S. The summed E-state index contributed by atoms with van der Waals surface area (Å²) >= 11 is 1.43. The minimum absolute atomic E-state index is 0.356. The van der Waals surface area contributed by atoms with Crippen molar-refractivity contribution in [3.8, 4) is 0 Å². The van der Waals surface area contributed by atoms with Gasteiger partial charge in [-0.3, -0.25) is 4.98 Å². The second-order valence-electron chi connectivity index (χ2n) is 3.47. The van der Waals surface area contributed by atoms with Crippen molar-refractivity contribution in [1.82, 2.24) is 15.6 Å². The molecule has 0 saturated heterocycles. The molecule has 1 aromatic rings. The monoisotopic (exact) mass is 257 g/mol. The maximum absolute atomic E-state index is 11.4. The first-order chi connectivity index (χ1) is 8.13. The van der Waals surface area contributed by atoms with Gasteiger partial charge in [-0.2, -0.15) is 0 Å². The van der Waals surface area contributed by atoms with E-state index in [2.05, 4.69) is 15.6 Å². The zero-order valence-corrected chi connectivity index (χ0v) is 10.3. The Kier molecular flexibility index (Phi) is 5.41. The summed E-state index contributed by atoms with van der Waals surface area (Å²) in [6, 6.07) is -1.30. The number of carbonyl (C=O) groups is 2. The van der Waals surface area contributed by atoms with Crippen molar-refractivity contribution in [1.29, 1.82) is 0 Å². The van der Waals surface area contributed by atoms with E-state index in [-0.39, 0.29) is 0 Å². The van der Waals surface area contributed by atoms with Gasteiger partial charge in [0, 0.05) is 11.1 Å². The van der Waals surface area contributed by atoms with Gasteiger partial charge in [-0.1, -0.05) is 13.3 Å². The molecule has 1 heterocycles. The summed E-state index contributed by atoms with van der Waals surface area (Å²) in [5.74, 6) is -1.01. The van der Waals surface area contributed by atoms with Crippen LogP contribution < -0.4 is 10.6 Å². The molecule has 0 spiro atoms. The molecule has 3 N–H and O–H groups in total. The lowest BCUT2D eigenvalue weighted by molar-refractivity contribution is -0.139. The van der Waals surface area contributed by atoms with Crippen LogP contribution in [0.2, 0.25) is 0 Å². The molecule has 17 heavy (non-hydrogen) atoms. The average Bonchev–Trinajstić information content (AvgIpc) is 2.78. The van der Waals surface area contributed by atoms with Crippen molar-refractivity contribution in [3.63, 3.8) is 0 Å². The molecule has 0 aliphatic heterocycles. The van der Waals surface area contributed by atoms with Gasteiger partial charge in [0.25, 0.3) is 0 Å². The fourth-order valence-corrected chi connectivity index (χ4v) is 1.79. The van der Waals surface area contributed by atoms with E-state index in [4.69, 9.17) is 5.11 Å². The van der Waals surface area contributed by atoms with Crippen molar-refractivity contribution in [2.24, 2.45) is 0 Å². The van der Waals surface area contributed by atoms with Crippen molar-refractivity contribution < 1.29 is 14.7 Å². The van der Waals surface area contributed by atoms with Crippen LogP contribution in [-0.2, 0) is 11.3 Å². The third-order valence-electron chi connectivity index (χ3n) is 2.09. The van der Waals surface area contributed by atoms with Crippen molar-refractivity contribution in [3.05, 3.63) is 16.6 Å². The molecule has 7 heteroatoms. The van der Waals surface area contributed by atoms with Crippen molar-refractivity contribution in [2.45, 2.75) is 32.4 Å². The van der Waals surface area contributed by atoms with Crippen LogP contribution in [-0.4, -0.2) is 28.1 Å². The number of amides is 2. The number of carboxylic acid groups (broad SMARTS) is 1. The van der Waals surface area contributed by atoms with E-state index < -0.39 is 18.0 Å². The smallest absolute Gasteiger partial charge is 0.326 e. The standard InChI is InChI=1S/C10H15N3O3S/c1-2-3-8(9(14)15)13-10(16)12-5-7-4-11-6-17-7/h4,6,8H,2-3,5H2,1H3,(H,14,15)(H2,12,13,16)/t8-/m1/s1. The molecule has 2 amide bonds. The van der Waals surface area contributed by atoms with Gasteiger partial charge in [-0.25, -0.2) is 9.59 Å². The Morgan fingerprint density at radius 3 is 2.88 bits per heavy atom. The Hall–Kier alpha value is -1.63. The van der Waals surface area contributed by atoms with E-state index in [9.17, 15) is 9.59 Å². The van der Waals surface area contributed by atoms with Gasteiger partial charge in [0.1, 0.15) is 6.04 Å². The van der Waals surface area contributed by atoms with Crippen LogP contribution >= 0.6 is 11.3 Å². The van der Waals surface area contributed by atoms with Gasteiger partial charge < -0.3 is 15.7 Å². The molecular weight excluding hydrogens is 242 g/mol. The molecule has 1 rings (SSSR count). The van der Waals surface area contributed by atoms with Gasteiger partial charge in [0.05, 0.1) is 12.1 Å². The van der Waals surface area contributed by atoms with Gasteiger partial charge in [0.2, 0.25) is 0 Å². The van der Waals surface area contributed by atoms with Gasteiger partial charge >= 0.3 is 12.0 Å². The lowest BCUT2D eigenvalue weighted by Gasteiger charge is -2.13. The first kappa shape index (κ1) is 13.4. The number of aliphatic carboxylic acids is 1. The number of aromatic nitrogens is 1. The number of hydrogen-bond donors (Lipinski definition) is 3. The molecule has 0 unspecified atom stereocenters. The molecule has 0 saturated carbocycles. The minimum atomic E-state index is -1.01. The van der Waals surface area contributed by atoms with Gasteiger partial charge in [-0.15, -0.1) is 11.3 Å². The Morgan fingerprint density at radius 1 is 1.59 bits per heavy atom. The summed E-state index contributed by atoms with van der Waals surface area (Å²) < 4.78 is 0. The van der Waals surface area contributed by atoms with Crippen LogP contribution in [0.5, 0.6) is 0 Å². The number of thiazole rings is 1. The van der Waals surface area contributed by atoms with E-state index in [0.717, 1.165) is 4.88 Å². The largest absolute Gasteiger partial charge is 0.480 e. The third kappa shape index (κ3) is 4.81. The molecule has 0 aliphatic rings. The number of hydrogen-bond acceptors (Lipinski definition) is 4. The Labute approximate surface area is 103 Å². The number of rotatable bonds is 6. The second kappa shape index (κ2) is 6.85. The van der Waals surface area contributed by atoms with Crippen LogP contribution in [0.25, 0.3) is 0 Å². The first-order valence-electron chi connectivity index (χ1n) is 5.28. The maximum Gasteiger partial charge on any atom is 0.326 e. The minimum Gasteiger partial charge on any atom is -0.480 e. The summed E-state index contributed by atoms with van der Waals surface area (Å²) in [4.78, 5) is 27.0. The number of carbonyl (C=O) groups excluding carboxylic acids is 1. The number of nitrogens with zero attached hydrogens (tertiary/aromatic N) is 1. The van der Waals surface area contributed by atoms with Gasteiger partial charge in [-0.05, 0) is 6.42 Å². The fraction of sp³-hybridized carbons (Fsp3) is 0.500. The normalized spacial score (nSPS) is 11.8. The van der Waals surface area contributed by atoms with Crippen LogP contribution in [0.1, 0.15) is 24.6 Å². The highest BCUT2D eigenvalue weighted by atomic mass is 32.1. The van der Waals surface area contributed by atoms with E-state index in [1.807, 2.05) is 6.92 Å². The Morgan fingerprint density at radius 2 is 2.35 bits per heavy atom. The average molecular weight is 257 g/mol. The van der Waals surface area contributed by atoms with Crippen LogP contribution in [0.15, 0.2) is 11.7 Å². The second-order valence-corrected chi connectivity index (χ2v) is 4.45. The van der Waals surface area contributed by atoms with E-state index >= 15 is 0 Å². The molecule has 0 radical (unpaired) electrons. The Balaban J connectivity index is 2.34. The van der Waals surface area contributed by atoms with Crippen LogP contribution in [0.4, 0.5) is 4.79 Å². The van der Waals surface area contributed by atoms with Crippen molar-refractivity contribution in [2.75, 3.05) is 0 Å². The molecule has 0 aromatic carbocycles. The number of urea groups is 1. The highest BCUT2D eigenvalue weighted by molar-refractivity contribution is 7.09. The highest BCUT2D eigenvalue weighted by Crippen LogP contribution is 2.04. The predicted octanol–water partition coefficient (Wildman–Crippen LogP) is 1.20. The summed E-state index contributed by atoms with van der Waals surface area (Å²) in [5.41, 5.74) is 1.67. The van der Waals surface area contributed by atoms with Gasteiger partial charge in [0.15, 0.2) is 0 Å². The third-order valence-corrected chi connectivity index (χ3v) is 2.87.